The Morgan fingerprint density at radius 1 is 1.22 bits per heavy atom. The van der Waals surface area contributed by atoms with E-state index in [4.69, 9.17) is 26.8 Å². The number of nitrogen functional groups attached to an aromatic ring is 1. The lowest BCUT2D eigenvalue weighted by molar-refractivity contribution is 0.172. The quantitative estimate of drug-likeness (QED) is 0.141. The van der Waals surface area contributed by atoms with Crippen LogP contribution in [0.25, 0.3) is 10.9 Å². The number of ether oxygens (including phenoxy) is 2. The molecule has 3 aromatic carbocycles. The molecule has 6 N–H and O–H groups in total. The van der Waals surface area contributed by atoms with E-state index in [9.17, 15) is 17.9 Å². The van der Waals surface area contributed by atoms with E-state index in [1.165, 1.54) is 18.2 Å². The highest BCUT2D eigenvalue weighted by Gasteiger charge is 2.22. The normalized spacial score (nSPS) is 12.4. The summed E-state index contributed by atoms with van der Waals surface area (Å²) in [5.41, 5.74) is 6.76. The van der Waals surface area contributed by atoms with Crippen LogP contribution >= 0.6 is 11.6 Å². The zero-order chi connectivity index (χ0) is 26.6. The second-order valence-corrected chi connectivity index (χ2v) is 10.0. The molecule has 1 heterocycles. The Bertz CT molecular complexity index is 1510. The van der Waals surface area contributed by atoms with Crippen LogP contribution in [0.5, 0.6) is 11.6 Å². The van der Waals surface area contributed by atoms with Crippen molar-refractivity contribution in [1.29, 1.82) is 0 Å². The molecule has 1 atom stereocenters. The molecule has 0 radical (unpaired) electrons. The molecule has 13 heteroatoms. The van der Waals surface area contributed by atoms with Crippen LogP contribution in [0.3, 0.4) is 0 Å². The Labute approximate surface area is 217 Å². The highest BCUT2D eigenvalue weighted by atomic mass is 35.5. The fourth-order valence-corrected chi connectivity index (χ4v) is 5.16. The fraction of sp³-hybridized carbons (Fsp3) is 0.208. The minimum atomic E-state index is -4.31. The molecule has 0 aliphatic carbocycles. The number of aliphatic hydroxyl groups is 1. The van der Waals surface area contributed by atoms with Gasteiger partial charge >= 0.3 is 0 Å². The third-order valence-electron chi connectivity index (χ3n) is 5.45. The number of fused-ring (bicyclic) bond motifs is 1. The first kappa shape index (κ1) is 26.5. The Hall–Kier alpha value is -3.58. The predicted octanol–water partition coefficient (Wildman–Crippen LogP) is 3.45. The van der Waals surface area contributed by atoms with Crippen molar-refractivity contribution in [2.45, 2.75) is 11.0 Å². The number of nitrogens with zero attached hydrogens (tertiary/aromatic N) is 1. The zero-order valence-electron chi connectivity index (χ0n) is 19.7. The van der Waals surface area contributed by atoms with Crippen LogP contribution in [0.1, 0.15) is 11.7 Å². The first-order valence-corrected chi connectivity index (χ1v) is 13.0. The van der Waals surface area contributed by atoms with Gasteiger partial charge in [-0.1, -0.05) is 23.7 Å². The molecule has 0 amide bonds. The van der Waals surface area contributed by atoms with Gasteiger partial charge in [0.05, 0.1) is 34.8 Å². The average molecular weight is 550 g/mol. The van der Waals surface area contributed by atoms with Crippen molar-refractivity contribution in [2.24, 2.45) is 0 Å². The Morgan fingerprint density at radius 2 is 2.03 bits per heavy atom. The number of halogens is 2. The summed E-state index contributed by atoms with van der Waals surface area (Å²) in [6.07, 6.45) is -1.05. The number of aliphatic hydroxyl groups excluding tert-OH is 1. The zero-order valence-corrected chi connectivity index (χ0v) is 21.2. The summed E-state index contributed by atoms with van der Waals surface area (Å²) in [5.74, 6) is 0.190. The van der Waals surface area contributed by atoms with E-state index in [0.717, 1.165) is 23.0 Å². The van der Waals surface area contributed by atoms with Crippen molar-refractivity contribution >= 4 is 43.9 Å². The summed E-state index contributed by atoms with van der Waals surface area (Å²) < 4.78 is 52.6. The van der Waals surface area contributed by atoms with Gasteiger partial charge in [-0.05, 0) is 36.4 Å². The van der Waals surface area contributed by atoms with Gasteiger partial charge in [-0.25, -0.2) is 12.8 Å². The van der Waals surface area contributed by atoms with Crippen molar-refractivity contribution in [3.05, 3.63) is 71.0 Å². The molecule has 0 spiro atoms. The van der Waals surface area contributed by atoms with E-state index in [0.29, 0.717) is 30.3 Å². The molecular weight excluding hydrogens is 525 g/mol. The number of rotatable bonds is 11. The molecule has 0 aliphatic heterocycles. The van der Waals surface area contributed by atoms with Gasteiger partial charge in [0.25, 0.3) is 10.0 Å². The van der Waals surface area contributed by atoms with Gasteiger partial charge in [-0.3, -0.25) is 9.82 Å². The van der Waals surface area contributed by atoms with Gasteiger partial charge < -0.3 is 25.6 Å². The van der Waals surface area contributed by atoms with E-state index in [-0.39, 0.29) is 22.9 Å². The summed E-state index contributed by atoms with van der Waals surface area (Å²) in [7, 11) is -2.77. The molecule has 0 saturated carbocycles. The number of benzene rings is 3. The minimum absolute atomic E-state index is 0.00537. The third kappa shape index (κ3) is 6.05. The van der Waals surface area contributed by atoms with Crippen LogP contribution in [0.2, 0.25) is 5.02 Å². The average Bonchev–Trinajstić information content (AvgIpc) is 3.28. The predicted molar refractivity (Wildman–Crippen MR) is 139 cm³/mol. The van der Waals surface area contributed by atoms with Crippen molar-refractivity contribution < 1.29 is 27.4 Å². The topological polar surface area (TPSA) is 152 Å². The number of aromatic amines is 1. The summed E-state index contributed by atoms with van der Waals surface area (Å²) >= 11 is 6.37. The smallest absolute Gasteiger partial charge is 0.264 e. The van der Waals surface area contributed by atoms with Crippen LogP contribution in [0.4, 0.5) is 15.8 Å². The van der Waals surface area contributed by atoms with Gasteiger partial charge in [-0.15, -0.1) is 5.10 Å². The molecular formula is C24H25ClFN5O5S. The number of nitrogens with one attached hydrogen (secondary N) is 3. The molecule has 37 heavy (non-hydrogen) atoms. The highest BCUT2D eigenvalue weighted by molar-refractivity contribution is 7.92. The third-order valence-corrected chi connectivity index (χ3v) is 7.26. The van der Waals surface area contributed by atoms with Gasteiger partial charge in [0, 0.05) is 30.4 Å². The summed E-state index contributed by atoms with van der Waals surface area (Å²) in [5, 5.41) is 21.4. The number of aromatic nitrogens is 2. The van der Waals surface area contributed by atoms with Gasteiger partial charge in [0.2, 0.25) is 5.88 Å². The number of sulfonamides is 1. The minimum Gasteiger partial charge on any atom is -0.492 e. The molecule has 0 unspecified atom stereocenters. The molecule has 1 aromatic heterocycles. The molecule has 0 aliphatic rings. The fourth-order valence-electron chi connectivity index (χ4n) is 3.62. The number of H-pyrrole nitrogens is 1. The van der Waals surface area contributed by atoms with E-state index < -0.39 is 26.8 Å². The van der Waals surface area contributed by atoms with Gasteiger partial charge in [0.15, 0.2) is 0 Å². The van der Waals surface area contributed by atoms with Crippen LogP contribution < -0.4 is 25.2 Å². The number of nitrogens with two attached hydrogens (primary N) is 1. The number of methoxy groups -OCH3 is 1. The SMILES string of the molecule is COc1n[nH]c2cc(OCCNC[C@H](O)c3cccc(NS(=O)(=O)c4cc(N)ccc4F)c3Cl)ccc12. The first-order valence-electron chi connectivity index (χ1n) is 11.1. The van der Waals surface area contributed by atoms with E-state index in [2.05, 4.69) is 20.2 Å². The Balaban J connectivity index is 1.33. The van der Waals surface area contributed by atoms with Crippen molar-refractivity contribution in [2.75, 3.05) is 37.3 Å². The molecule has 0 saturated heterocycles. The standard InChI is InChI=1S/C24H25ClFN5O5S/c1-35-24-16-7-6-15(12-20(16)29-30-24)36-10-9-28-13-21(32)17-3-2-4-19(23(17)25)31-37(33,34)22-11-14(27)5-8-18(22)26/h2-8,11-12,21,28,31-32H,9-10,13,27H2,1H3,(H,29,30)/t21-/m0/s1. The van der Waals surface area contributed by atoms with Crippen LogP contribution in [0.15, 0.2) is 59.5 Å². The first-order chi connectivity index (χ1) is 17.7. The number of hydrogen-bond donors (Lipinski definition) is 5. The van der Waals surface area contributed by atoms with Crippen LogP contribution in [0, 0.1) is 5.82 Å². The maximum absolute atomic E-state index is 14.1. The second kappa shape index (κ2) is 11.2. The van der Waals surface area contributed by atoms with E-state index in [1.54, 1.807) is 19.2 Å². The van der Waals surface area contributed by atoms with Gasteiger partial charge in [0.1, 0.15) is 23.1 Å². The molecule has 10 nitrogen and oxygen atoms in total. The lowest BCUT2D eigenvalue weighted by Crippen LogP contribution is -2.26. The Kier molecular flexibility index (Phi) is 8.03. The lowest BCUT2D eigenvalue weighted by atomic mass is 10.1. The second-order valence-electron chi connectivity index (χ2n) is 8.01. The molecule has 0 fully saturated rings. The summed E-state index contributed by atoms with van der Waals surface area (Å²) in [6, 6.07) is 13.2. The van der Waals surface area contributed by atoms with Crippen molar-refractivity contribution in [3.8, 4) is 11.6 Å². The van der Waals surface area contributed by atoms with Gasteiger partial charge in [-0.2, -0.15) is 0 Å². The van der Waals surface area contributed by atoms with Crippen molar-refractivity contribution in [1.82, 2.24) is 15.5 Å². The van der Waals surface area contributed by atoms with Crippen molar-refractivity contribution in [3.63, 3.8) is 0 Å². The number of anilines is 2. The summed E-state index contributed by atoms with van der Waals surface area (Å²) in [4.78, 5) is -0.609. The molecule has 4 aromatic rings. The maximum Gasteiger partial charge on any atom is 0.264 e. The summed E-state index contributed by atoms with van der Waals surface area (Å²) in [6.45, 7) is 0.864. The largest absolute Gasteiger partial charge is 0.492 e. The molecule has 4 rings (SSSR count). The lowest BCUT2D eigenvalue weighted by Gasteiger charge is -2.17. The van der Waals surface area contributed by atoms with Crippen LogP contribution in [-0.2, 0) is 10.0 Å². The maximum atomic E-state index is 14.1. The molecule has 196 valence electrons. The van der Waals surface area contributed by atoms with E-state index >= 15 is 0 Å². The van der Waals surface area contributed by atoms with E-state index in [1.807, 2.05) is 12.1 Å². The monoisotopic (exact) mass is 549 g/mol. The Morgan fingerprint density at radius 3 is 2.81 bits per heavy atom. The molecule has 0 bridgehead atoms. The number of hydrogen-bond acceptors (Lipinski definition) is 8. The highest BCUT2D eigenvalue weighted by Crippen LogP contribution is 2.32. The van der Waals surface area contributed by atoms with Crippen LogP contribution in [-0.4, -0.2) is 50.5 Å².